The number of aromatic nitrogens is 4. The van der Waals surface area contributed by atoms with Gasteiger partial charge in [-0.2, -0.15) is 5.10 Å². The molecule has 2 aromatic heterocycles. The summed E-state index contributed by atoms with van der Waals surface area (Å²) >= 11 is 0. The smallest absolute Gasteiger partial charge is 0.258 e. The third-order valence-corrected chi connectivity index (χ3v) is 2.98. The molecule has 104 valence electrons. The zero-order valence-corrected chi connectivity index (χ0v) is 11.4. The van der Waals surface area contributed by atoms with E-state index in [1.165, 1.54) is 12.5 Å². The lowest BCUT2D eigenvalue weighted by molar-refractivity contribution is 0.102. The van der Waals surface area contributed by atoms with Crippen LogP contribution >= 0.6 is 0 Å². The van der Waals surface area contributed by atoms with E-state index in [2.05, 4.69) is 20.4 Å². The quantitative estimate of drug-likeness (QED) is 0.797. The second-order valence-electron chi connectivity index (χ2n) is 4.56. The number of nitrogens with zero attached hydrogens (tertiary/aromatic N) is 4. The van der Waals surface area contributed by atoms with Crippen molar-refractivity contribution in [3.05, 3.63) is 60.9 Å². The lowest BCUT2D eigenvalue weighted by atomic mass is 10.1. The van der Waals surface area contributed by atoms with Crippen LogP contribution in [0.15, 0.2) is 55.4 Å². The molecule has 1 N–H and O–H groups in total. The second-order valence-corrected chi connectivity index (χ2v) is 4.56. The molecule has 0 spiro atoms. The molecule has 0 aliphatic rings. The topological polar surface area (TPSA) is 72.7 Å². The Labute approximate surface area is 121 Å². The molecule has 3 aromatic rings. The highest BCUT2D eigenvalue weighted by Gasteiger charge is 2.08. The summed E-state index contributed by atoms with van der Waals surface area (Å²) < 4.78 is 1.59. The van der Waals surface area contributed by atoms with Crippen molar-refractivity contribution in [1.82, 2.24) is 19.7 Å². The molecule has 0 radical (unpaired) electrons. The third-order valence-electron chi connectivity index (χ3n) is 2.98. The Kier molecular flexibility index (Phi) is 3.42. The SMILES string of the molecule is Cn1cc(C(=O)Nc2cccc(-c3cncnc3)c2)cn1. The zero-order valence-electron chi connectivity index (χ0n) is 11.4. The molecule has 6 heteroatoms. The number of aryl methyl sites for hydroxylation is 1. The minimum absolute atomic E-state index is 0.190. The third kappa shape index (κ3) is 2.94. The number of hydrogen-bond acceptors (Lipinski definition) is 4. The van der Waals surface area contributed by atoms with Crippen molar-refractivity contribution in [2.45, 2.75) is 0 Å². The second kappa shape index (κ2) is 5.54. The number of carbonyl (C=O) groups excluding carboxylic acids is 1. The molecule has 0 atom stereocenters. The number of carbonyl (C=O) groups is 1. The Hall–Kier alpha value is -3.02. The van der Waals surface area contributed by atoms with Crippen LogP contribution < -0.4 is 5.32 Å². The van der Waals surface area contributed by atoms with Gasteiger partial charge >= 0.3 is 0 Å². The van der Waals surface area contributed by atoms with E-state index in [0.717, 1.165) is 11.1 Å². The maximum atomic E-state index is 12.1. The Morgan fingerprint density at radius 1 is 1.14 bits per heavy atom. The van der Waals surface area contributed by atoms with E-state index in [0.29, 0.717) is 11.3 Å². The van der Waals surface area contributed by atoms with Crippen LogP contribution in [-0.4, -0.2) is 25.7 Å². The highest BCUT2D eigenvalue weighted by molar-refractivity contribution is 6.04. The van der Waals surface area contributed by atoms with Gasteiger partial charge in [-0.15, -0.1) is 0 Å². The van der Waals surface area contributed by atoms with Gasteiger partial charge in [-0.05, 0) is 17.7 Å². The fourth-order valence-corrected chi connectivity index (χ4v) is 1.97. The molecule has 6 nitrogen and oxygen atoms in total. The number of nitrogens with one attached hydrogen (secondary N) is 1. The van der Waals surface area contributed by atoms with Crippen molar-refractivity contribution < 1.29 is 4.79 Å². The van der Waals surface area contributed by atoms with Gasteiger partial charge in [-0.3, -0.25) is 9.48 Å². The predicted octanol–water partition coefficient (Wildman–Crippen LogP) is 2.13. The first-order valence-corrected chi connectivity index (χ1v) is 6.38. The number of rotatable bonds is 3. The van der Waals surface area contributed by atoms with Crippen LogP contribution in [0.1, 0.15) is 10.4 Å². The van der Waals surface area contributed by atoms with Crippen LogP contribution in [0.2, 0.25) is 0 Å². The average Bonchev–Trinajstić information content (AvgIpc) is 2.95. The van der Waals surface area contributed by atoms with Crippen molar-refractivity contribution in [3.8, 4) is 11.1 Å². The Balaban J connectivity index is 1.82. The zero-order chi connectivity index (χ0) is 14.7. The molecular weight excluding hydrogens is 266 g/mol. The van der Waals surface area contributed by atoms with Crippen molar-refractivity contribution in [2.75, 3.05) is 5.32 Å². The Morgan fingerprint density at radius 3 is 2.67 bits per heavy atom. The minimum atomic E-state index is -0.190. The maximum absolute atomic E-state index is 12.1. The van der Waals surface area contributed by atoms with Gasteiger partial charge in [0.25, 0.3) is 5.91 Å². The van der Waals surface area contributed by atoms with Crippen LogP contribution in [0, 0.1) is 0 Å². The van der Waals surface area contributed by atoms with Crippen LogP contribution in [0.3, 0.4) is 0 Å². The molecule has 2 heterocycles. The van der Waals surface area contributed by atoms with Gasteiger partial charge in [0.2, 0.25) is 0 Å². The fraction of sp³-hybridized carbons (Fsp3) is 0.0667. The molecule has 1 aromatic carbocycles. The van der Waals surface area contributed by atoms with Gasteiger partial charge in [0.05, 0.1) is 11.8 Å². The normalized spacial score (nSPS) is 10.3. The molecule has 3 rings (SSSR count). The summed E-state index contributed by atoms with van der Waals surface area (Å²) in [5.41, 5.74) is 3.07. The Morgan fingerprint density at radius 2 is 1.95 bits per heavy atom. The van der Waals surface area contributed by atoms with E-state index in [4.69, 9.17) is 0 Å². The highest BCUT2D eigenvalue weighted by Crippen LogP contribution is 2.21. The summed E-state index contributed by atoms with van der Waals surface area (Å²) in [7, 11) is 1.77. The van der Waals surface area contributed by atoms with Crippen LogP contribution in [-0.2, 0) is 7.05 Å². The number of anilines is 1. The summed E-state index contributed by atoms with van der Waals surface area (Å²) in [4.78, 5) is 20.1. The molecule has 21 heavy (non-hydrogen) atoms. The summed E-state index contributed by atoms with van der Waals surface area (Å²) in [6, 6.07) is 7.54. The van der Waals surface area contributed by atoms with Gasteiger partial charge in [0, 0.05) is 36.9 Å². The van der Waals surface area contributed by atoms with Crippen molar-refractivity contribution in [2.24, 2.45) is 7.05 Å². The molecular formula is C15H13N5O. The standard InChI is InChI=1S/C15H13N5O/c1-20-9-13(8-18-20)15(21)19-14-4-2-3-11(5-14)12-6-16-10-17-7-12/h2-10H,1H3,(H,19,21). The summed E-state index contributed by atoms with van der Waals surface area (Å²) in [5, 5.41) is 6.83. The molecule has 0 aliphatic carbocycles. The van der Waals surface area contributed by atoms with E-state index in [-0.39, 0.29) is 5.91 Å². The van der Waals surface area contributed by atoms with E-state index in [1.807, 2.05) is 24.3 Å². The van der Waals surface area contributed by atoms with Gasteiger partial charge in [0.1, 0.15) is 6.33 Å². The summed E-state index contributed by atoms with van der Waals surface area (Å²) in [6.07, 6.45) is 8.15. The number of benzene rings is 1. The minimum Gasteiger partial charge on any atom is -0.322 e. The molecule has 0 bridgehead atoms. The van der Waals surface area contributed by atoms with E-state index < -0.39 is 0 Å². The van der Waals surface area contributed by atoms with E-state index >= 15 is 0 Å². The van der Waals surface area contributed by atoms with E-state index in [1.54, 1.807) is 30.3 Å². The number of hydrogen-bond donors (Lipinski definition) is 1. The first-order valence-electron chi connectivity index (χ1n) is 6.38. The van der Waals surface area contributed by atoms with Crippen molar-refractivity contribution in [1.29, 1.82) is 0 Å². The molecule has 0 fully saturated rings. The molecule has 1 amide bonds. The first kappa shape index (κ1) is 13.0. The molecule has 0 saturated carbocycles. The van der Waals surface area contributed by atoms with E-state index in [9.17, 15) is 4.79 Å². The highest BCUT2D eigenvalue weighted by atomic mass is 16.1. The summed E-state index contributed by atoms with van der Waals surface area (Å²) in [6.45, 7) is 0. The van der Waals surface area contributed by atoms with Crippen molar-refractivity contribution in [3.63, 3.8) is 0 Å². The largest absolute Gasteiger partial charge is 0.322 e. The molecule has 0 aliphatic heterocycles. The number of amides is 1. The molecule has 0 unspecified atom stereocenters. The van der Waals surface area contributed by atoms with Crippen molar-refractivity contribution >= 4 is 11.6 Å². The first-order chi connectivity index (χ1) is 10.2. The monoisotopic (exact) mass is 279 g/mol. The lowest BCUT2D eigenvalue weighted by Crippen LogP contribution is -2.11. The van der Waals surface area contributed by atoms with Crippen LogP contribution in [0.5, 0.6) is 0 Å². The lowest BCUT2D eigenvalue weighted by Gasteiger charge is -2.06. The van der Waals surface area contributed by atoms with Gasteiger partial charge in [-0.1, -0.05) is 12.1 Å². The van der Waals surface area contributed by atoms with Crippen LogP contribution in [0.25, 0.3) is 11.1 Å². The van der Waals surface area contributed by atoms with Gasteiger partial charge in [0.15, 0.2) is 0 Å². The molecule has 0 saturated heterocycles. The van der Waals surface area contributed by atoms with Gasteiger partial charge in [-0.25, -0.2) is 9.97 Å². The average molecular weight is 279 g/mol. The van der Waals surface area contributed by atoms with Crippen LogP contribution in [0.4, 0.5) is 5.69 Å². The maximum Gasteiger partial charge on any atom is 0.258 e. The summed E-state index contributed by atoms with van der Waals surface area (Å²) in [5.74, 6) is -0.190. The Bertz CT molecular complexity index is 766. The fourth-order valence-electron chi connectivity index (χ4n) is 1.97. The van der Waals surface area contributed by atoms with Gasteiger partial charge < -0.3 is 5.32 Å². The predicted molar refractivity (Wildman–Crippen MR) is 78.6 cm³/mol.